The third-order valence-corrected chi connectivity index (χ3v) is 3.46. The highest BCUT2D eigenvalue weighted by Crippen LogP contribution is 2.23. The lowest BCUT2D eigenvalue weighted by Crippen LogP contribution is -1.82. The van der Waals surface area contributed by atoms with E-state index in [1.807, 2.05) is 24.5 Å². The van der Waals surface area contributed by atoms with Crippen LogP contribution in [0.3, 0.4) is 0 Å². The van der Waals surface area contributed by atoms with Crippen molar-refractivity contribution in [2.45, 2.75) is 5.16 Å². The maximum atomic E-state index is 4.40. The molecule has 94 valence electrons. The molecule has 0 saturated carbocycles. The van der Waals surface area contributed by atoms with Crippen molar-refractivity contribution in [3.05, 3.63) is 54.6 Å². The van der Waals surface area contributed by atoms with Gasteiger partial charge in [0, 0.05) is 5.56 Å². The van der Waals surface area contributed by atoms with Gasteiger partial charge < -0.3 is 0 Å². The zero-order valence-electron chi connectivity index (χ0n) is 10.5. The van der Waals surface area contributed by atoms with Crippen molar-refractivity contribution in [2.24, 2.45) is 0 Å². The number of hydrogen-bond donors (Lipinski definition) is 1. The molecule has 3 aromatic rings. The fraction of sp³-hybridized carbons (Fsp3) is 0.0667. The molecular weight excluding hydrogens is 254 g/mol. The second-order valence-electron chi connectivity index (χ2n) is 4.11. The van der Waals surface area contributed by atoms with E-state index in [9.17, 15) is 0 Å². The number of nitrogens with one attached hydrogen (secondary N) is 1. The summed E-state index contributed by atoms with van der Waals surface area (Å²) in [6.45, 7) is 0. The summed E-state index contributed by atoms with van der Waals surface area (Å²) >= 11 is 1.53. The Balaban J connectivity index is 1.90. The topological polar surface area (TPSA) is 41.6 Å². The van der Waals surface area contributed by atoms with Gasteiger partial charge in [-0.15, -0.1) is 5.10 Å². The number of hydrogen-bond acceptors (Lipinski definition) is 3. The van der Waals surface area contributed by atoms with Crippen LogP contribution in [0.1, 0.15) is 0 Å². The van der Waals surface area contributed by atoms with E-state index in [1.54, 1.807) is 0 Å². The first-order valence-corrected chi connectivity index (χ1v) is 7.21. The van der Waals surface area contributed by atoms with Crippen molar-refractivity contribution in [1.29, 1.82) is 0 Å². The molecule has 0 bridgehead atoms. The monoisotopic (exact) mass is 267 g/mol. The number of benzene rings is 2. The molecule has 0 radical (unpaired) electrons. The third-order valence-electron chi connectivity index (χ3n) is 2.91. The molecule has 0 saturated heterocycles. The van der Waals surface area contributed by atoms with E-state index in [0.717, 1.165) is 16.5 Å². The molecule has 3 nitrogen and oxygen atoms in total. The standard InChI is InChI=1S/C15H13N3S/c1-19-15-16-14(17-18-15)13-9-7-12(8-10-13)11-5-3-2-4-6-11/h2-10H,1H3,(H,16,17,18). The van der Waals surface area contributed by atoms with E-state index < -0.39 is 0 Å². The van der Waals surface area contributed by atoms with Crippen LogP contribution in [-0.4, -0.2) is 21.4 Å². The Bertz CT molecular complexity index is 659. The summed E-state index contributed by atoms with van der Waals surface area (Å²) in [6, 6.07) is 18.7. The van der Waals surface area contributed by atoms with Gasteiger partial charge in [0.2, 0.25) is 5.16 Å². The van der Waals surface area contributed by atoms with E-state index >= 15 is 0 Å². The molecular formula is C15H13N3S. The summed E-state index contributed by atoms with van der Waals surface area (Å²) in [7, 11) is 0. The van der Waals surface area contributed by atoms with Crippen LogP contribution in [0.5, 0.6) is 0 Å². The van der Waals surface area contributed by atoms with Gasteiger partial charge in [0.15, 0.2) is 5.82 Å². The SMILES string of the molecule is CSc1n[nH]c(-c2ccc(-c3ccccc3)cc2)n1. The van der Waals surface area contributed by atoms with Crippen molar-refractivity contribution in [2.75, 3.05) is 6.26 Å². The smallest absolute Gasteiger partial charge is 0.208 e. The van der Waals surface area contributed by atoms with E-state index in [4.69, 9.17) is 0 Å². The van der Waals surface area contributed by atoms with Gasteiger partial charge in [-0.25, -0.2) is 4.98 Å². The van der Waals surface area contributed by atoms with Gasteiger partial charge in [-0.05, 0) is 17.4 Å². The molecule has 0 atom stereocenters. The van der Waals surface area contributed by atoms with Gasteiger partial charge in [0.05, 0.1) is 0 Å². The molecule has 3 rings (SSSR count). The Morgan fingerprint density at radius 1 is 0.842 bits per heavy atom. The number of rotatable bonds is 3. The number of thioether (sulfide) groups is 1. The zero-order valence-corrected chi connectivity index (χ0v) is 11.3. The maximum absolute atomic E-state index is 4.40. The molecule has 0 aliphatic rings. The minimum atomic E-state index is 0.766. The second-order valence-corrected chi connectivity index (χ2v) is 4.89. The first-order chi connectivity index (χ1) is 9.36. The predicted octanol–water partition coefficient (Wildman–Crippen LogP) is 3.86. The molecule has 1 heterocycles. The zero-order chi connectivity index (χ0) is 13.1. The number of aromatic amines is 1. The Kier molecular flexibility index (Phi) is 3.33. The molecule has 0 amide bonds. The van der Waals surface area contributed by atoms with E-state index in [0.29, 0.717) is 0 Å². The second kappa shape index (κ2) is 5.28. The van der Waals surface area contributed by atoms with Gasteiger partial charge >= 0.3 is 0 Å². The predicted molar refractivity (Wildman–Crippen MR) is 79.0 cm³/mol. The summed E-state index contributed by atoms with van der Waals surface area (Å²) in [6.07, 6.45) is 1.96. The molecule has 0 aliphatic heterocycles. The lowest BCUT2D eigenvalue weighted by molar-refractivity contribution is 0.976. The lowest BCUT2D eigenvalue weighted by Gasteiger charge is -2.02. The van der Waals surface area contributed by atoms with Gasteiger partial charge in [-0.2, -0.15) is 0 Å². The number of H-pyrrole nitrogens is 1. The summed E-state index contributed by atoms with van der Waals surface area (Å²) in [5.74, 6) is 0.809. The summed E-state index contributed by atoms with van der Waals surface area (Å²) < 4.78 is 0. The van der Waals surface area contributed by atoms with Crippen molar-refractivity contribution in [3.8, 4) is 22.5 Å². The lowest BCUT2D eigenvalue weighted by atomic mass is 10.0. The highest BCUT2D eigenvalue weighted by molar-refractivity contribution is 7.98. The van der Waals surface area contributed by atoms with Crippen LogP contribution < -0.4 is 0 Å². The van der Waals surface area contributed by atoms with Gasteiger partial charge in [0.25, 0.3) is 0 Å². The minimum Gasteiger partial charge on any atom is -0.258 e. The van der Waals surface area contributed by atoms with Crippen LogP contribution in [0, 0.1) is 0 Å². The Labute approximate surface area is 116 Å². The normalized spacial score (nSPS) is 10.6. The van der Waals surface area contributed by atoms with Crippen LogP contribution in [0.2, 0.25) is 0 Å². The van der Waals surface area contributed by atoms with E-state index in [-0.39, 0.29) is 0 Å². The Morgan fingerprint density at radius 2 is 1.47 bits per heavy atom. The van der Waals surface area contributed by atoms with Crippen LogP contribution in [0.25, 0.3) is 22.5 Å². The van der Waals surface area contributed by atoms with Gasteiger partial charge in [-0.1, -0.05) is 66.4 Å². The molecule has 4 heteroatoms. The molecule has 0 fully saturated rings. The summed E-state index contributed by atoms with van der Waals surface area (Å²) in [5, 5.41) is 7.83. The number of aromatic nitrogens is 3. The quantitative estimate of drug-likeness (QED) is 0.733. The first kappa shape index (κ1) is 12.0. The van der Waals surface area contributed by atoms with Crippen LogP contribution >= 0.6 is 11.8 Å². The highest BCUT2D eigenvalue weighted by atomic mass is 32.2. The molecule has 19 heavy (non-hydrogen) atoms. The van der Waals surface area contributed by atoms with Gasteiger partial charge in [-0.3, -0.25) is 5.10 Å². The van der Waals surface area contributed by atoms with E-state index in [1.165, 1.54) is 22.9 Å². The van der Waals surface area contributed by atoms with E-state index in [2.05, 4.69) is 51.6 Å². The summed E-state index contributed by atoms with van der Waals surface area (Å²) in [5.41, 5.74) is 3.47. The van der Waals surface area contributed by atoms with Crippen LogP contribution in [0.4, 0.5) is 0 Å². The van der Waals surface area contributed by atoms with Gasteiger partial charge in [0.1, 0.15) is 0 Å². The maximum Gasteiger partial charge on any atom is 0.208 e. The van der Waals surface area contributed by atoms with Crippen molar-refractivity contribution in [1.82, 2.24) is 15.2 Å². The molecule has 1 aromatic heterocycles. The molecule has 1 N–H and O–H groups in total. The third kappa shape index (κ3) is 2.53. The average molecular weight is 267 g/mol. The summed E-state index contributed by atoms with van der Waals surface area (Å²) in [4.78, 5) is 4.40. The van der Waals surface area contributed by atoms with Crippen LogP contribution in [0.15, 0.2) is 59.8 Å². The van der Waals surface area contributed by atoms with Crippen molar-refractivity contribution >= 4 is 11.8 Å². The Hall–Kier alpha value is -2.07. The molecule has 0 unspecified atom stereocenters. The fourth-order valence-corrected chi connectivity index (χ4v) is 2.24. The largest absolute Gasteiger partial charge is 0.258 e. The molecule has 2 aromatic carbocycles. The number of nitrogens with zero attached hydrogens (tertiary/aromatic N) is 2. The Morgan fingerprint density at radius 3 is 2.11 bits per heavy atom. The molecule has 0 aliphatic carbocycles. The molecule has 0 spiro atoms. The fourth-order valence-electron chi connectivity index (χ4n) is 1.92. The minimum absolute atomic E-state index is 0.766. The average Bonchev–Trinajstić information content (AvgIpc) is 2.97. The van der Waals surface area contributed by atoms with Crippen LogP contribution in [-0.2, 0) is 0 Å². The van der Waals surface area contributed by atoms with Crippen molar-refractivity contribution in [3.63, 3.8) is 0 Å². The first-order valence-electron chi connectivity index (χ1n) is 5.99. The highest BCUT2D eigenvalue weighted by Gasteiger charge is 2.05. The van der Waals surface area contributed by atoms with Crippen molar-refractivity contribution < 1.29 is 0 Å².